The first-order valence-corrected chi connectivity index (χ1v) is 10.4. The van der Waals surface area contributed by atoms with Crippen LogP contribution in [0.4, 0.5) is 4.39 Å². The average Bonchev–Trinajstić information content (AvgIpc) is 2.71. The lowest BCUT2D eigenvalue weighted by molar-refractivity contribution is 0.0677. The molecular formula is C23H26ClFN2O. The Hall–Kier alpha value is -1.75. The topological polar surface area (TPSA) is 36.4 Å². The molecule has 4 rings (SSSR count). The van der Waals surface area contributed by atoms with Crippen LogP contribution in [0.1, 0.15) is 53.6 Å². The van der Waals surface area contributed by atoms with Gasteiger partial charge >= 0.3 is 0 Å². The summed E-state index contributed by atoms with van der Waals surface area (Å²) in [6.07, 6.45) is 7.95. The minimum atomic E-state index is -0.362. The number of hydrogen-bond acceptors (Lipinski definition) is 3. The standard InChI is InChI=1S/C23H26ClFN2O/c1-15-3-2-4-17(23(15)24)11-21(25)22-12-16-9-10-27(14-18(16)13-26-22)19-5-7-20(28)8-6-19/h2-4,11-13,19-20,28H,5-10,14H2,1H3/b21-11-. The molecule has 0 bridgehead atoms. The third-order valence-corrected chi connectivity index (χ3v) is 6.57. The van der Waals surface area contributed by atoms with Crippen LogP contribution < -0.4 is 0 Å². The minimum Gasteiger partial charge on any atom is -0.393 e. The van der Waals surface area contributed by atoms with E-state index in [0.29, 0.717) is 22.3 Å². The van der Waals surface area contributed by atoms with E-state index in [4.69, 9.17) is 11.6 Å². The first-order valence-electron chi connectivity index (χ1n) is 10.0. The summed E-state index contributed by atoms with van der Waals surface area (Å²) in [5.74, 6) is -0.362. The van der Waals surface area contributed by atoms with Crippen LogP contribution >= 0.6 is 11.6 Å². The lowest BCUT2D eigenvalue weighted by Crippen LogP contribution is -2.42. The average molecular weight is 401 g/mol. The van der Waals surface area contributed by atoms with Crippen molar-refractivity contribution in [3.05, 3.63) is 63.4 Å². The molecule has 1 saturated carbocycles. The third-order valence-electron chi connectivity index (χ3n) is 6.06. The number of hydrogen-bond donors (Lipinski definition) is 1. The second kappa shape index (κ2) is 8.32. The molecule has 2 aromatic rings. The summed E-state index contributed by atoms with van der Waals surface area (Å²) in [6.45, 7) is 3.75. The summed E-state index contributed by atoms with van der Waals surface area (Å²) in [7, 11) is 0. The van der Waals surface area contributed by atoms with Crippen molar-refractivity contribution in [2.75, 3.05) is 6.54 Å². The van der Waals surface area contributed by atoms with Crippen molar-refractivity contribution < 1.29 is 9.50 Å². The van der Waals surface area contributed by atoms with Gasteiger partial charge in [0.1, 0.15) is 5.83 Å². The first-order chi connectivity index (χ1) is 13.5. The van der Waals surface area contributed by atoms with Crippen LogP contribution in [0.5, 0.6) is 0 Å². The van der Waals surface area contributed by atoms with E-state index in [1.165, 1.54) is 17.2 Å². The number of fused-ring (bicyclic) bond motifs is 1. The van der Waals surface area contributed by atoms with E-state index in [2.05, 4.69) is 9.88 Å². The van der Waals surface area contributed by atoms with Gasteiger partial charge in [0, 0.05) is 25.3 Å². The van der Waals surface area contributed by atoms with Gasteiger partial charge in [-0.3, -0.25) is 9.88 Å². The number of aromatic nitrogens is 1. The Labute approximate surface area is 170 Å². The Morgan fingerprint density at radius 2 is 2.04 bits per heavy atom. The molecule has 0 spiro atoms. The molecular weight excluding hydrogens is 375 g/mol. The number of benzene rings is 1. The van der Waals surface area contributed by atoms with Gasteiger partial charge < -0.3 is 5.11 Å². The molecule has 1 aliphatic carbocycles. The highest BCUT2D eigenvalue weighted by molar-refractivity contribution is 6.33. The summed E-state index contributed by atoms with van der Waals surface area (Å²) >= 11 is 6.29. The van der Waals surface area contributed by atoms with Crippen LogP contribution in [-0.2, 0) is 13.0 Å². The molecule has 1 aliphatic heterocycles. The summed E-state index contributed by atoms with van der Waals surface area (Å²) in [5.41, 5.74) is 4.32. The zero-order chi connectivity index (χ0) is 19.7. The van der Waals surface area contributed by atoms with E-state index < -0.39 is 0 Å². The first kappa shape index (κ1) is 19.6. The number of halogens is 2. The maximum atomic E-state index is 14.8. The molecule has 0 saturated heterocycles. The van der Waals surface area contributed by atoms with Crippen molar-refractivity contribution in [3.63, 3.8) is 0 Å². The summed E-state index contributed by atoms with van der Waals surface area (Å²) in [5, 5.41) is 10.3. The van der Waals surface area contributed by atoms with Crippen molar-refractivity contribution in [3.8, 4) is 0 Å². The highest BCUT2D eigenvalue weighted by atomic mass is 35.5. The van der Waals surface area contributed by atoms with E-state index in [1.807, 2.05) is 37.4 Å². The largest absolute Gasteiger partial charge is 0.393 e. The molecule has 0 unspecified atom stereocenters. The molecule has 3 nitrogen and oxygen atoms in total. The molecule has 0 atom stereocenters. The van der Waals surface area contributed by atoms with Crippen molar-refractivity contribution in [1.82, 2.24) is 9.88 Å². The van der Waals surface area contributed by atoms with Crippen LogP contribution in [-0.4, -0.2) is 33.7 Å². The number of aryl methyl sites for hydroxylation is 1. The van der Waals surface area contributed by atoms with Gasteiger partial charge in [0.25, 0.3) is 0 Å². The van der Waals surface area contributed by atoms with Crippen molar-refractivity contribution in [2.45, 2.75) is 57.7 Å². The monoisotopic (exact) mass is 400 g/mol. The van der Waals surface area contributed by atoms with E-state index in [9.17, 15) is 9.50 Å². The number of aliphatic hydroxyl groups excluding tert-OH is 1. The predicted octanol–water partition coefficient (Wildman–Crippen LogP) is 5.17. The normalized spacial score (nSPS) is 23.5. The van der Waals surface area contributed by atoms with Crippen LogP contribution in [0.2, 0.25) is 5.02 Å². The second-order valence-corrected chi connectivity index (χ2v) is 8.37. The Bertz CT molecular complexity index is 890. The van der Waals surface area contributed by atoms with Crippen molar-refractivity contribution >= 4 is 23.5 Å². The van der Waals surface area contributed by atoms with Gasteiger partial charge in [0.2, 0.25) is 0 Å². The summed E-state index contributed by atoms with van der Waals surface area (Å²) in [4.78, 5) is 6.87. The van der Waals surface area contributed by atoms with E-state index >= 15 is 0 Å². The fourth-order valence-corrected chi connectivity index (χ4v) is 4.50. The predicted molar refractivity (Wildman–Crippen MR) is 112 cm³/mol. The minimum absolute atomic E-state index is 0.130. The lowest BCUT2D eigenvalue weighted by Gasteiger charge is -2.38. The molecule has 1 fully saturated rings. The fraction of sp³-hybridized carbons (Fsp3) is 0.435. The lowest BCUT2D eigenvalue weighted by atomic mass is 9.90. The molecule has 0 amide bonds. The zero-order valence-corrected chi connectivity index (χ0v) is 16.9. The highest BCUT2D eigenvalue weighted by Crippen LogP contribution is 2.30. The van der Waals surface area contributed by atoms with E-state index in [-0.39, 0.29) is 11.9 Å². The third kappa shape index (κ3) is 4.14. The molecule has 28 heavy (non-hydrogen) atoms. The summed E-state index contributed by atoms with van der Waals surface area (Å²) < 4.78 is 14.8. The van der Waals surface area contributed by atoms with Gasteiger partial charge in [-0.1, -0.05) is 29.8 Å². The molecule has 1 aromatic heterocycles. The number of aliphatic hydroxyl groups is 1. The Balaban J connectivity index is 1.50. The fourth-order valence-electron chi connectivity index (χ4n) is 4.32. The highest BCUT2D eigenvalue weighted by Gasteiger charge is 2.27. The Morgan fingerprint density at radius 3 is 2.82 bits per heavy atom. The molecule has 2 aliphatic rings. The van der Waals surface area contributed by atoms with Crippen LogP contribution in [0.15, 0.2) is 30.5 Å². The Morgan fingerprint density at radius 1 is 1.25 bits per heavy atom. The van der Waals surface area contributed by atoms with Gasteiger partial charge in [-0.05, 0) is 73.4 Å². The second-order valence-electron chi connectivity index (χ2n) is 7.99. The van der Waals surface area contributed by atoms with Gasteiger partial charge in [0.15, 0.2) is 0 Å². The maximum absolute atomic E-state index is 14.8. The van der Waals surface area contributed by atoms with Gasteiger partial charge in [-0.25, -0.2) is 4.39 Å². The van der Waals surface area contributed by atoms with E-state index in [1.54, 1.807) is 0 Å². The number of nitrogens with zero attached hydrogens (tertiary/aromatic N) is 2. The van der Waals surface area contributed by atoms with Gasteiger partial charge in [-0.15, -0.1) is 0 Å². The van der Waals surface area contributed by atoms with Crippen molar-refractivity contribution in [2.24, 2.45) is 0 Å². The van der Waals surface area contributed by atoms with Gasteiger partial charge in [0.05, 0.1) is 16.8 Å². The van der Waals surface area contributed by atoms with Crippen molar-refractivity contribution in [1.29, 1.82) is 0 Å². The van der Waals surface area contributed by atoms with Crippen LogP contribution in [0, 0.1) is 6.92 Å². The van der Waals surface area contributed by atoms with Crippen LogP contribution in [0.3, 0.4) is 0 Å². The molecule has 5 heteroatoms. The maximum Gasteiger partial charge on any atom is 0.149 e. The smallest absolute Gasteiger partial charge is 0.149 e. The van der Waals surface area contributed by atoms with Crippen LogP contribution in [0.25, 0.3) is 11.9 Å². The summed E-state index contributed by atoms with van der Waals surface area (Å²) in [6, 6.07) is 8.02. The molecule has 2 heterocycles. The zero-order valence-electron chi connectivity index (χ0n) is 16.2. The van der Waals surface area contributed by atoms with E-state index in [0.717, 1.165) is 50.8 Å². The molecule has 148 valence electrons. The van der Waals surface area contributed by atoms with Gasteiger partial charge in [-0.2, -0.15) is 0 Å². The number of rotatable bonds is 3. The SMILES string of the molecule is Cc1cccc(/C=C(\F)c2cc3c(cn2)CN(C2CCC(O)CC2)CC3)c1Cl. The quantitative estimate of drug-likeness (QED) is 0.771. The Kier molecular flexibility index (Phi) is 5.81. The number of pyridine rings is 1. The molecule has 1 N–H and O–H groups in total. The molecule has 1 aromatic carbocycles. The molecule has 0 radical (unpaired) electrons.